The molecule has 1 N–H and O–H groups in total. The van der Waals surface area contributed by atoms with E-state index in [0.717, 1.165) is 11.8 Å². The molecule has 2 aromatic carbocycles. The van der Waals surface area contributed by atoms with Crippen LogP contribution in [0.5, 0.6) is 0 Å². The number of nitrogens with one attached hydrogen (secondary N) is 1. The molecule has 0 aliphatic heterocycles. The number of benzene rings is 2. The van der Waals surface area contributed by atoms with Crippen molar-refractivity contribution in [2.24, 2.45) is 0 Å². The Morgan fingerprint density at radius 3 is 2.41 bits per heavy atom. The molecule has 7 nitrogen and oxygen atoms in total. The maximum absolute atomic E-state index is 13.6. The molecule has 0 spiro atoms. The number of anilines is 1. The van der Waals surface area contributed by atoms with Gasteiger partial charge in [0.1, 0.15) is 5.56 Å². The van der Waals surface area contributed by atoms with Gasteiger partial charge in [0.15, 0.2) is 5.69 Å². The summed E-state index contributed by atoms with van der Waals surface area (Å²) in [6, 6.07) is 12.5. The standard InChI is InChI=1S/C22H20F3N3O4/c1-3-32-21(30)17-12-26-28(19(17)22(23,24)25)16-10-8-14(9-11-16)20(29)27-18-7-5-4-6-15(18)13-31-2/h4-12H,3,13H2,1-2H3,(H,27,29). The van der Waals surface area contributed by atoms with Gasteiger partial charge in [0, 0.05) is 23.9 Å². The summed E-state index contributed by atoms with van der Waals surface area (Å²) in [6.45, 7) is 1.73. The Bertz CT molecular complexity index is 1110. The monoisotopic (exact) mass is 447 g/mol. The van der Waals surface area contributed by atoms with Crippen LogP contribution in [0, 0.1) is 0 Å². The lowest BCUT2D eigenvalue weighted by Crippen LogP contribution is -2.18. The molecule has 10 heteroatoms. The molecule has 3 aromatic rings. The first kappa shape index (κ1) is 23.0. The van der Waals surface area contributed by atoms with Gasteiger partial charge in [0.25, 0.3) is 5.91 Å². The minimum Gasteiger partial charge on any atom is -0.462 e. The smallest absolute Gasteiger partial charge is 0.434 e. The lowest BCUT2D eigenvalue weighted by atomic mass is 10.1. The SMILES string of the molecule is CCOC(=O)c1cnn(-c2ccc(C(=O)Nc3ccccc3COC)cc2)c1C(F)(F)F. The van der Waals surface area contributed by atoms with E-state index in [-0.39, 0.29) is 17.9 Å². The number of nitrogens with zero attached hydrogens (tertiary/aromatic N) is 2. The van der Waals surface area contributed by atoms with E-state index in [1.165, 1.54) is 38.3 Å². The number of aromatic nitrogens is 2. The van der Waals surface area contributed by atoms with Crippen molar-refractivity contribution in [3.8, 4) is 5.69 Å². The van der Waals surface area contributed by atoms with E-state index in [9.17, 15) is 22.8 Å². The fourth-order valence-corrected chi connectivity index (χ4v) is 3.05. The lowest BCUT2D eigenvalue weighted by Gasteiger charge is -2.13. The molecule has 0 atom stereocenters. The summed E-state index contributed by atoms with van der Waals surface area (Å²) >= 11 is 0. The first-order valence-corrected chi connectivity index (χ1v) is 9.57. The molecular formula is C22H20F3N3O4. The second kappa shape index (κ2) is 9.65. The Balaban J connectivity index is 1.88. The summed E-state index contributed by atoms with van der Waals surface area (Å²) in [5.74, 6) is -1.55. The number of methoxy groups -OCH3 is 1. The number of alkyl halides is 3. The van der Waals surface area contributed by atoms with Gasteiger partial charge < -0.3 is 14.8 Å². The van der Waals surface area contributed by atoms with Crippen LogP contribution in [0.4, 0.5) is 18.9 Å². The fourth-order valence-electron chi connectivity index (χ4n) is 3.05. The van der Waals surface area contributed by atoms with Crippen LogP contribution < -0.4 is 5.32 Å². The number of hydrogen-bond acceptors (Lipinski definition) is 5. The molecule has 1 aromatic heterocycles. The Labute approximate surface area is 181 Å². The first-order valence-electron chi connectivity index (χ1n) is 9.57. The van der Waals surface area contributed by atoms with Crippen LogP contribution in [-0.2, 0) is 22.3 Å². The third-order valence-corrected chi connectivity index (χ3v) is 4.47. The Kier molecular flexibility index (Phi) is 6.94. The number of hydrogen-bond donors (Lipinski definition) is 1. The largest absolute Gasteiger partial charge is 0.462 e. The van der Waals surface area contributed by atoms with Crippen LogP contribution in [0.15, 0.2) is 54.7 Å². The molecule has 0 saturated carbocycles. The summed E-state index contributed by atoms with van der Waals surface area (Å²) in [5, 5.41) is 6.47. The number of carbonyl (C=O) groups is 2. The highest BCUT2D eigenvalue weighted by Crippen LogP contribution is 2.34. The van der Waals surface area contributed by atoms with Crippen molar-refractivity contribution in [2.45, 2.75) is 19.7 Å². The van der Waals surface area contributed by atoms with Crippen molar-refractivity contribution in [1.82, 2.24) is 9.78 Å². The number of ether oxygens (including phenoxy) is 2. The summed E-state index contributed by atoms with van der Waals surface area (Å²) in [4.78, 5) is 24.5. The molecule has 0 saturated heterocycles. The van der Waals surface area contributed by atoms with Gasteiger partial charge in [-0.1, -0.05) is 18.2 Å². The highest BCUT2D eigenvalue weighted by molar-refractivity contribution is 6.04. The van der Waals surface area contributed by atoms with Gasteiger partial charge in [0.05, 0.1) is 25.1 Å². The topological polar surface area (TPSA) is 82.5 Å². The predicted octanol–water partition coefficient (Wildman–Crippen LogP) is 4.47. The molecule has 0 aliphatic rings. The maximum Gasteiger partial charge on any atom is 0.434 e. The Hall–Kier alpha value is -3.66. The second-order valence-electron chi connectivity index (χ2n) is 6.63. The highest BCUT2D eigenvalue weighted by atomic mass is 19.4. The van der Waals surface area contributed by atoms with Crippen LogP contribution >= 0.6 is 0 Å². The van der Waals surface area contributed by atoms with E-state index >= 15 is 0 Å². The van der Waals surface area contributed by atoms with Crippen molar-refractivity contribution in [2.75, 3.05) is 19.0 Å². The maximum atomic E-state index is 13.6. The molecule has 0 radical (unpaired) electrons. The zero-order chi connectivity index (χ0) is 23.3. The van der Waals surface area contributed by atoms with Gasteiger partial charge in [-0.05, 0) is 37.3 Å². The molecule has 0 aliphatic carbocycles. The number of amides is 1. The van der Waals surface area contributed by atoms with E-state index in [1.54, 1.807) is 18.2 Å². The number of para-hydroxylation sites is 1. The van der Waals surface area contributed by atoms with E-state index in [4.69, 9.17) is 9.47 Å². The predicted molar refractivity (Wildman–Crippen MR) is 110 cm³/mol. The molecule has 168 valence electrons. The third kappa shape index (κ3) is 4.97. The molecule has 1 amide bonds. The number of carbonyl (C=O) groups excluding carboxylic acids is 2. The van der Waals surface area contributed by atoms with Crippen LogP contribution in [0.3, 0.4) is 0 Å². The van der Waals surface area contributed by atoms with Crippen molar-refractivity contribution in [3.05, 3.63) is 77.1 Å². The van der Waals surface area contributed by atoms with E-state index in [0.29, 0.717) is 17.0 Å². The van der Waals surface area contributed by atoms with Crippen molar-refractivity contribution >= 4 is 17.6 Å². The van der Waals surface area contributed by atoms with Gasteiger partial charge >= 0.3 is 12.1 Å². The normalized spacial score (nSPS) is 11.3. The average molecular weight is 447 g/mol. The lowest BCUT2D eigenvalue weighted by molar-refractivity contribution is -0.143. The van der Waals surface area contributed by atoms with Crippen molar-refractivity contribution < 1.29 is 32.2 Å². The van der Waals surface area contributed by atoms with E-state index in [2.05, 4.69) is 10.4 Å². The van der Waals surface area contributed by atoms with Gasteiger partial charge in [-0.25, -0.2) is 9.48 Å². The van der Waals surface area contributed by atoms with Crippen LogP contribution in [0.1, 0.15) is 38.9 Å². The summed E-state index contributed by atoms with van der Waals surface area (Å²) in [7, 11) is 1.54. The van der Waals surface area contributed by atoms with Crippen LogP contribution in [0.25, 0.3) is 5.69 Å². The number of esters is 1. The Morgan fingerprint density at radius 2 is 1.78 bits per heavy atom. The van der Waals surface area contributed by atoms with Gasteiger partial charge in [0.2, 0.25) is 0 Å². The van der Waals surface area contributed by atoms with E-state index in [1.807, 2.05) is 6.07 Å². The average Bonchev–Trinajstić information content (AvgIpc) is 3.22. The quantitative estimate of drug-likeness (QED) is 0.541. The molecule has 3 rings (SSSR count). The number of rotatable bonds is 7. The van der Waals surface area contributed by atoms with Crippen molar-refractivity contribution in [3.63, 3.8) is 0 Å². The second-order valence-corrected chi connectivity index (χ2v) is 6.63. The highest BCUT2D eigenvalue weighted by Gasteiger charge is 2.41. The van der Waals surface area contributed by atoms with E-state index < -0.39 is 29.3 Å². The molecule has 0 bridgehead atoms. The molecule has 32 heavy (non-hydrogen) atoms. The molecule has 0 fully saturated rings. The Morgan fingerprint density at radius 1 is 1.09 bits per heavy atom. The zero-order valence-electron chi connectivity index (χ0n) is 17.3. The van der Waals surface area contributed by atoms with Crippen LogP contribution in [-0.4, -0.2) is 35.4 Å². The van der Waals surface area contributed by atoms with Gasteiger partial charge in [-0.2, -0.15) is 18.3 Å². The summed E-state index contributed by atoms with van der Waals surface area (Å²) < 4.78 is 51.3. The third-order valence-electron chi connectivity index (χ3n) is 4.47. The summed E-state index contributed by atoms with van der Waals surface area (Å²) in [5.41, 5.74) is -0.333. The zero-order valence-corrected chi connectivity index (χ0v) is 17.3. The minimum atomic E-state index is -4.85. The molecular weight excluding hydrogens is 427 g/mol. The van der Waals surface area contributed by atoms with Gasteiger partial charge in [-0.3, -0.25) is 4.79 Å². The van der Waals surface area contributed by atoms with Gasteiger partial charge in [-0.15, -0.1) is 0 Å². The molecule has 1 heterocycles. The minimum absolute atomic E-state index is 0.0317. The molecule has 0 unspecified atom stereocenters. The first-order chi connectivity index (χ1) is 15.3. The van der Waals surface area contributed by atoms with Crippen molar-refractivity contribution in [1.29, 1.82) is 0 Å². The fraction of sp³-hybridized carbons (Fsp3) is 0.227. The number of halogens is 3. The van der Waals surface area contributed by atoms with Crippen LogP contribution in [0.2, 0.25) is 0 Å². The summed E-state index contributed by atoms with van der Waals surface area (Å²) in [6.07, 6.45) is -4.03.